The highest BCUT2D eigenvalue weighted by Crippen LogP contribution is 2.37. The zero-order valence-electron chi connectivity index (χ0n) is 14.2. The molecule has 3 aromatic heterocycles. The van der Waals surface area contributed by atoms with Crippen LogP contribution in [0, 0.1) is 0 Å². The first-order chi connectivity index (χ1) is 12.3. The van der Waals surface area contributed by atoms with Crippen LogP contribution in [0.5, 0.6) is 0 Å². The molecule has 3 rings (SSSR count). The van der Waals surface area contributed by atoms with Crippen LogP contribution in [0.4, 0.5) is 13.2 Å². The number of aromatic nitrogens is 4. The predicted octanol–water partition coefficient (Wildman–Crippen LogP) is 3.62. The average Bonchev–Trinajstić information content (AvgIpc) is 3.28. The maximum Gasteiger partial charge on any atom is 0.435 e. The number of hydrogen-bond donors (Lipinski definition) is 1. The Morgan fingerprint density at radius 1 is 1.42 bits per heavy atom. The van der Waals surface area contributed by atoms with Gasteiger partial charge in [0.2, 0.25) is 0 Å². The van der Waals surface area contributed by atoms with E-state index in [4.69, 9.17) is 0 Å². The molecule has 3 aromatic rings. The van der Waals surface area contributed by atoms with Crippen molar-refractivity contribution >= 4 is 27.5 Å². The third kappa shape index (κ3) is 3.59. The van der Waals surface area contributed by atoms with E-state index in [9.17, 15) is 18.0 Å². The Labute approximate surface area is 151 Å². The molecule has 1 amide bonds. The van der Waals surface area contributed by atoms with Gasteiger partial charge in [-0.1, -0.05) is 6.92 Å². The normalized spacial score (nSPS) is 13.3. The molecule has 10 heteroatoms. The van der Waals surface area contributed by atoms with Gasteiger partial charge in [-0.05, 0) is 25.0 Å². The molecule has 140 valence electrons. The summed E-state index contributed by atoms with van der Waals surface area (Å²) in [6.45, 7) is 2.45. The summed E-state index contributed by atoms with van der Waals surface area (Å²) in [6.07, 6.45) is 0.565. The van der Waals surface area contributed by atoms with E-state index in [1.54, 1.807) is 6.20 Å². The van der Waals surface area contributed by atoms with E-state index in [-0.39, 0.29) is 22.2 Å². The minimum Gasteiger partial charge on any atom is -0.351 e. The molecule has 0 bridgehead atoms. The van der Waals surface area contributed by atoms with E-state index in [1.165, 1.54) is 13.1 Å². The summed E-state index contributed by atoms with van der Waals surface area (Å²) >= 11 is 1.00. The summed E-state index contributed by atoms with van der Waals surface area (Å²) < 4.78 is 42.1. The zero-order valence-corrected chi connectivity index (χ0v) is 15.1. The number of thiophene rings is 1. The number of rotatable bonds is 6. The van der Waals surface area contributed by atoms with Gasteiger partial charge in [0.25, 0.3) is 5.91 Å². The Morgan fingerprint density at radius 2 is 2.19 bits per heavy atom. The van der Waals surface area contributed by atoms with E-state index in [2.05, 4.69) is 15.5 Å². The maximum atomic E-state index is 13.0. The smallest absolute Gasteiger partial charge is 0.351 e. The zero-order chi connectivity index (χ0) is 18.9. The molecule has 6 nitrogen and oxygen atoms in total. The Bertz CT molecular complexity index is 897. The first-order valence-corrected chi connectivity index (χ1v) is 8.94. The van der Waals surface area contributed by atoms with Crippen LogP contribution in [0.25, 0.3) is 10.2 Å². The SMILES string of the molecule is CC[C@@H](CCNC(=O)c1cc2c(C(F)(F)F)nn(C)c2s1)n1cccn1. The summed E-state index contributed by atoms with van der Waals surface area (Å²) in [5.74, 6) is -0.380. The molecular formula is C16H18F3N5OS. The molecule has 1 atom stereocenters. The number of carbonyl (C=O) groups is 1. The Hall–Kier alpha value is -2.36. The van der Waals surface area contributed by atoms with Gasteiger partial charge in [0, 0.05) is 31.4 Å². The molecule has 0 unspecified atom stereocenters. The fourth-order valence-corrected chi connectivity index (χ4v) is 3.81. The third-order valence-corrected chi connectivity index (χ3v) is 5.34. The number of halogens is 3. The van der Waals surface area contributed by atoms with Crippen LogP contribution in [0.15, 0.2) is 24.5 Å². The van der Waals surface area contributed by atoms with Crippen molar-refractivity contribution in [3.63, 3.8) is 0 Å². The van der Waals surface area contributed by atoms with Crippen LogP contribution in [0.3, 0.4) is 0 Å². The van der Waals surface area contributed by atoms with Crippen LogP contribution >= 0.6 is 11.3 Å². The Kier molecular flexibility index (Phi) is 5.03. The lowest BCUT2D eigenvalue weighted by molar-refractivity contribution is -0.140. The van der Waals surface area contributed by atoms with Gasteiger partial charge in [0.15, 0.2) is 5.69 Å². The molecule has 26 heavy (non-hydrogen) atoms. The second-order valence-corrected chi connectivity index (χ2v) is 6.92. The van der Waals surface area contributed by atoms with E-state index >= 15 is 0 Å². The minimum absolute atomic E-state index is 0.0434. The lowest BCUT2D eigenvalue weighted by Gasteiger charge is -2.15. The number of nitrogens with zero attached hydrogens (tertiary/aromatic N) is 4. The first kappa shape index (κ1) is 18.4. The van der Waals surface area contributed by atoms with Gasteiger partial charge in [-0.25, -0.2) is 0 Å². The van der Waals surface area contributed by atoms with Gasteiger partial charge in [-0.2, -0.15) is 23.4 Å². The van der Waals surface area contributed by atoms with E-state index in [0.29, 0.717) is 17.8 Å². The lowest BCUT2D eigenvalue weighted by atomic mass is 10.1. The van der Waals surface area contributed by atoms with Crippen molar-refractivity contribution in [2.24, 2.45) is 7.05 Å². The molecular weight excluding hydrogens is 367 g/mol. The summed E-state index contributed by atoms with van der Waals surface area (Å²) in [5, 5.41) is 10.4. The van der Waals surface area contributed by atoms with Crippen LogP contribution in [0.2, 0.25) is 0 Å². The topological polar surface area (TPSA) is 64.7 Å². The molecule has 1 N–H and O–H groups in total. The standard InChI is InChI=1S/C16H18F3N5OS/c1-3-10(24-8-4-6-21-24)5-7-20-14(25)12-9-11-13(16(17,18)19)22-23(2)15(11)26-12/h4,6,8-10H,3,5,7H2,1-2H3,(H,20,25)/t10-/m0/s1. The predicted molar refractivity (Wildman–Crippen MR) is 92.1 cm³/mol. The molecule has 3 heterocycles. The van der Waals surface area contributed by atoms with Gasteiger partial charge in [0.05, 0.1) is 10.9 Å². The van der Waals surface area contributed by atoms with Crippen LogP contribution in [-0.4, -0.2) is 32.0 Å². The van der Waals surface area contributed by atoms with E-state index in [1.807, 2.05) is 23.9 Å². The van der Waals surface area contributed by atoms with Gasteiger partial charge in [-0.15, -0.1) is 11.3 Å². The Morgan fingerprint density at radius 3 is 2.81 bits per heavy atom. The van der Waals surface area contributed by atoms with Gasteiger partial charge in [0.1, 0.15) is 4.83 Å². The van der Waals surface area contributed by atoms with Crippen molar-refractivity contribution < 1.29 is 18.0 Å². The summed E-state index contributed by atoms with van der Waals surface area (Å²) in [6, 6.07) is 3.26. The summed E-state index contributed by atoms with van der Waals surface area (Å²) in [7, 11) is 1.44. The number of fused-ring (bicyclic) bond motifs is 1. The van der Waals surface area contributed by atoms with Crippen LogP contribution in [0.1, 0.15) is 41.2 Å². The van der Waals surface area contributed by atoms with Crippen LogP contribution in [-0.2, 0) is 13.2 Å². The number of carbonyl (C=O) groups excluding carboxylic acids is 1. The molecule has 0 spiro atoms. The van der Waals surface area contributed by atoms with Crippen LogP contribution < -0.4 is 5.32 Å². The monoisotopic (exact) mass is 385 g/mol. The molecule has 0 aliphatic rings. The molecule has 0 aliphatic carbocycles. The second kappa shape index (κ2) is 7.10. The highest BCUT2D eigenvalue weighted by molar-refractivity contribution is 7.20. The highest BCUT2D eigenvalue weighted by atomic mass is 32.1. The summed E-state index contributed by atoms with van der Waals surface area (Å²) in [5.41, 5.74) is -0.963. The van der Waals surface area contributed by atoms with Crippen molar-refractivity contribution in [2.45, 2.75) is 32.0 Å². The number of nitrogens with one attached hydrogen (secondary N) is 1. The third-order valence-electron chi connectivity index (χ3n) is 4.14. The van der Waals surface area contributed by atoms with E-state index in [0.717, 1.165) is 22.4 Å². The van der Waals surface area contributed by atoms with E-state index < -0.39 is 11.9 Å². The molecule has 0 aromatic carbocycles. The second-order valence-electron chi connectivity index (χ2n) is 5.89. The maximum absolute atomic E-state index is 13.0. The summed E-state index contributed by atoms with van der Waals surface area (Å²) in [4.78, 5) is 12.9. The quantitative estimate of drug-likeness (QED) is 0.705. The molecule has 0 radical (unpaired) electrons. The molecule has 0 saturated carbocycles. The van der Waals surface area contributed by atoms with Crippen molar-refractivity contribution in [1.82, 2.24) is 24.9 Å². The van der Waals surface area contributed by atoms with Gasteiger partial charge < -0.3 is 5.32 Å². The minimum atomic E-state index is -4.55. The molecule has 0 aliphatic heterocycles. The fourth-order valence-electron chi connectivity index (χ4n) is 2.82. The lowest BCUT2D eigenvalue weighted by Crippen LogP contribution is -2.26. The number of amides is 1. The van der Waals surface area contributed by atoms with Crippen molar-refractivity contribution in [3.05, 3.63) is 35.1 Å². The number of aryl methyl sites for hydroxylation is 1. The largest absolute Gasteiger partial charge is 0.435 e. The van der Waals surface area contributed by atoms with Gasteiger partial charge >= 0.3 is 6.18 Å². The number of hydrogen-bond acceptors (Lipinski definition) is 4. The Balaban J connectivity index is 1.68. The number of alkyl halides is 3. The first-order valence-electron chi connectivity index (χ1n) is 8.12. The van der Waals surface area contributed by atoms with Crippen molar-refractivity contribution in [1.29, 1.82) is 0 Å². The molecule has 0 saturated heterocycles. The average molecular weight is 385 g/mol. The van der Waals surface area contributed by atoms with Gasteiger partial charge in [-0.3, -0.25) is 14.2 Å². The fraction of sp³-hybridized carbons (Fsp3) is 0.438. The highest BCUT2D eigenvalue weighted by Gasteiger charge is 2.37. The molecule has 0 fully saturated rings. The van der Waals surface area contributed by atoms with Crippen molar-refractivity contribution in [2.75, 3.05) is 6.54 Å². The van der Waals surface area contributed by atoms with Crippen molar-refractivity contribution in [3.8, 4) is 0 Å².